The first-order valence-corrected chi connectivity index (χ1v) is 8.72. The van der Waals surface area contributed by atoms with Crippen LogP contribution in [-0.4, -0.2) is 13.0 Å². The summed E-state index contributed by atoms with van der Waals surface area (Å²) >= 11 is 0. The topological polar surface area (TPSA) is 46.3 Å². The van der Waals surface area contributed by atoms with Crippen molar-refractivity contribution in [3.63, 3.8) is 0 Å². The van der Waals surface area contributed by atoms with Gasteiger partial charge >= 0.3 is 0 Å². The SMILES string of the molecule is C=C(/C(=C\C=C\c1ccccc1)C(N)=O)N(C)c1cccc2ccccc12. The minimum atomic E-state index is -0.509. The summed E-state index contributed by atoms with van der Waals surface area (Å²) in [7, 11) is 1.89. The number of amides is 1. The summed E-state index contributed by atoms with van der Waals surface area (Å²) in [6, 6.07) is 24.0. The van der Waals surface area contributed by atoms with Crippen molar-refractivity contribution in [3.05, 3.63) is 108 Å². The third kappa shape index (κ3) is 4.15. The Morgan fingerprint density at radius 2 is 1.63 bits per heavy atom. The van der Waals surface area contributed by atoms with Crippen molar-refractivity contribution in [1.82, 2.24) is 0 Å². The second-order valence-electron chi connectivity index (χ2n) is 6.22. The van der Waals surface area contributed by atoms with Crippen molar-refractivity contribution in [1.29, 1.82) is 0 Å². The lowest BCUT2D eigenvalue weighted by Gasteiger charge is -2.24. The average molecular weight is 354 g/mol. The summed E-state index contributed by atoms with van der Waals surface area (Å²) < 4.78 is 0. The number of anilines is 1. The lowest BCUT2D eigenvalue weighted by molar-refractivity contribution is -0.114. The van der Waals surface area contributed by atoms with E-state index in [2.05, 4.69) is 24.8 Å². The number of carbonyl (C=O) groups excluding carboxylic acids is 1. The zero-order chi connectivity index (χ0) is 19.2. The van der Waals surface area contributed by atoms with Crippen molar-refractivity contribution in [2.45, 2.75) is 0 Å². The molecule has 0 aromatic heterocycles. The molecule has 0 unspecified atom stereocenters. The van der Waals surface area contributed by atoms with E-state index in [0.29, 0.717) is 11.3 Å². The van der Waals surface area contributed by atoms with Crippen LogP contribution in [0.15, 0.2) is 103 Å². The standard InChI is InChI=1S/C24H22N2O/c1-18(21(24(25)27)16-8-12-19-10-4-3-5-11-19)26(2)23-17-9-14-20-13-6-7-15-22(20)23/h3-17H,1H2,2H3,(H2,25,27)/b12-8+,21-16+. The molecule has 3 nitrogen and oxygen atoms in total. The molecule has 0 aliphatic carbocycles. The lowest BCUT2D eigenvalue weighted by atomic mass is 10.1. The Morgan fingerprint density at radius 3 is 2.37 bits per heavy atom. The lowest BCUT2D eigenvalue weighted by Crippen LogP contribution is -2.24. The Bertz CT molecular complexity index is 1030. The average Bonchev–Trinajstić information content (AvgIpc) is 2.70. The number of hydrogen-bond donors (Lipinski definition) is 1. The molecule has 0 radical (unpaired) electrons. The monoisotopic (exact) mass is 354 g/mol. The Labute approximate surface area is 159 Å². The first kappa shape index (κ1) is 18.2. The Morgan fingerprint density at radius 1 is 0.963 bits per heavy atom. The Kier molecular flexibility index (Phi) is 5.53. The van der Waals surface area contributed by atoms with Crippen LogP contribution in [0.25, 0.3) is 16.8 Å². The van der Waals surface area contributed by atoms with Crippen LogP contribution in [0.5, 0.6) is 0 Å². The van der Waals surface area contributed by atoms with Gasteiger partial charge in [-0.15, -0.1) is 0 Å². The van der Waals surface area contributed by atoms with Gasteiger partial charge in [0.1, 0.15) is 0 Å². The van der Waals surface area contributed by atoms with E-state index in [1.165, 1.54) is 0 Å². The predicted octanol–water partition coefficient (Wildman–Crippen LogP) is 4.91. The number of allylic oxidation sites excluding steroid dienone is 2. The number of rotatable bonds is 6. The molecule has 0 atom stereocenters. The molecule has 1 amide bonds. The minimum absolute atomic E-state index is 0.373. The van der Waals surface area contributed by atoms with Gasteiger partial charge in [0.25, 0.3) is 5.91 Å². The normalized spacial score (nSPS) is 11.7. The molecule has 0 fully saturated rings. The van der Waals surface area contributed by atoms with E-state index in [4.69, 9.17) is 5.73 Å². The molecule has 0 saturated carbocycles. The second kappa shape index (κ2) is 8.19. The zero-order valence-electron chi connectivity index (χ0n) is 15.3. The molecule has 0 spiro atoms. The molecule has 2 N–H and O–H groups in total. The molecular formula is C24H22N2O. The van der Waals surface area contributed by atoms with Crippen molar-refractivity contribution in [2.24, 2.45) is 5.73 Å². The van der Waals surface area contributed by atoms with E-state index in [-0.39, 0.29) is 0 Å². The van der Waals surface area contributed by atoms with Gasteiger partial charge in [-0.05, 0) is 23.1 Å². The van der Waals surface area contributed by atoms with Crippen LogP contribution in [0, 0.1) is 0 Å². The van der Waals surface area contributed by atoms with Gasteiger partial charge in [0.2, 0.25) is 0 Å². The number of nitrogens with two attached hydrogens (primary N) is 1. The number of fused-ring (bicyclic) bond motifs is 1. The number of benzene rings is 3. The summed E-state index contributed by atoms with van der Waals surface area (Å²) in [5, 5.41) is 2.22. The van der Waals surface area contributed by atoms with E-state index in [1.54, 1.807) is 6.08 Å². The summed E-state index contributed by atoms with van der Waals surface area (Å²) in [6.07, 6.45) is 5.45. The van der Waals surface area contributed by atoms with Gasteiger partial charge in [0.15, 0.2) is 0 Å². The minimum Gasteiger partial charge on any atom is -0.366 e. The number of carbonyl (C=O) groups is 1. The van der Waals surface area contributed by atoms with Crippen molar-refractivity contribution >= 4 is 28.4 Å². The largest absolute Gasteiger partial charge is 0.366 e. The fourth-order valence-electron chi connectivity index (χ4n) is 2.97. The van der Waals surface area contributed by atoms with Crippen LogP contribution in [0.2, 0.25) is 0 Å². The van der Waals surface area contributed by atoms with Gasteiger partial charge in [-0.25, -0.2) is 0 Å². The van der Waals surface area contributed by atoms with Gasteiger partial charge < -0.3 is 10.6 Å². The molecule has 0 saturated heterocycles. The summed E-state index contributed by atoms with van der Waals surface area (Å²) in [4.78, 5) is 13.9. The maximum atomic E-state index is 12.0. The highest BCUT2D eigenvalue weighted by molar-refractivity contribution is 6.00. The fraction of sp³-hybridized carbons (Fsp3) is 0.0417. The summed E-state index contributed by atoms with van der Waals surface area (Å²) in [6.45, 7) is 4.11. The van der Waals surface area contributed by atoms with Gasteiger partial charge in [-0.2, -0.15) is 0 Å². The molecule has 3 aromatic carbocycles. The molecule has 0 aliphatic rings. The van der Waals surface area contributed by atoms with Crippen LogP contribution in [0.3, 0.4) is 0 Å². The zero-order valence-corrected chi connectivity index (χ0v) is 15.3. The first-order chi connectivity index (χ1) is 13.1. The van der Waals surface area contributed by atoms with Crippen LogP contribution in [0.4, 0.5) is 5.69 Å². The first-order valence-electron chi connectivity index (χ1n) is 8.72. The molecule has 134 valence electrons. The molecular weight excluding hydrogens is 332 g/mol. The second-order valence-corrected chi connectivity index (χ2v) is 6.22. The van der Waals surface area contributed by atoms with E-state index in [9.17, 15) is 4.79 Å². The molecule has 3 aromatic rings. The third-order valence-electron chi connectivity index (χ3n) is 4.46. The maximum Gasteiger partial charge on any atom is 0.250 e. The van der Waals surface area contributed by atoms with Crippen LogP contribution in [-0.2, 0) is 4.79 Å². The predicted molar refractivity (Wildman–Crippen MR) is 114 cm³/mol. The van der Waals surface area contributed by atoms with E-state index >= 15 is 0 Å². The number of hydrogen-bond acceptors (Lipinski definition) is 2. The summed E-state index contributed by atoms with van der Waals surface area (Å²) in [5.41, 5.74) is 8.56. The molecule has 0 aliphatic heterocycles. The Hall–Kier alpha value is -3.59. The quantitative estimate of drug-likeness (QED) is 0.505. The van der Waals surface area contributed by atoms with Crippen LogP contribution in [0.1, 0.15) is 5.56 Å². The molecule has 3 heteroatoms. The summed E-state index contributed by atoms with van der Waals surface area (Å²) in [5.74, 6) is -0.509. The van der Waals surface area contributed by atoms with Crippen molar-refractivity contribution in [2.75, 3.05) is 11.9 Å². The molecule has 0 bridgehead atoms. The highest BCUT2D eigenvalue weighted by Gasteiger charge is 2.15. The van der Waals surface area contributed by atoms with E-state index in [1.807, 2.05) is 78.7 Å². The van der Waals surface area contributed by atoms with Crippen LogP contribution < -0.4 is 10.6 Å². The maximum absolute atomic E-state index is 12.0. The number of primary amides is 1. The van der Waals surface area contributed by atoms with E-state index in [0.717, 1.165) is 22.0 Å². The van der Waals surface area contributed by atoms with E-state index < -0.39 is 5.91 Å². The highest BCUT2D eigenvalue weighted by Crippen LogP contribution is 2.29. The number of likely N-dealkylation sites (N-methyl/N-ethyl adjacent to an activating group) is 1. The Balaban J connectivity index is 1.91. The van der Waals surface area contributed by atoms with Crippen molar-refractivity contribution in [3.8, 4) is 0 Å². The van der Waals surface area contributed by atoms with Gasteiger partial charge in [-0.3, -0.25) is 4.79 Å². The highest BCUT2D eigenvalue weighted by atomic mass is 16.1. The van der Waals surface area contributed by atoms with Gasteiger partial charge in [0.05, 0.1) is 5.57 Å². The fourth-order valence-corrected chi connectivity index (χ4v) is 2.97. The van der Waals surface area contributed by atoms with Gasteiger partial charge in [-0.1, -0.05) is 85.5 Å². The molecule has 0 heterocycles. The van der Waals surface area contributed by atoms with Crippen LogP contribution >= 0.6 is 0 Å². The van der Waals surface area contributed by atoms with Crippen molar-refractivity contribution < 1.29 is 4.79 Å². The molecule has 3 rings (SSSR count). The number of nitrogens with zero attached hydrogens (tertiary/aromatic N) is 1. The van der Waals surface area contributed by atoms with Gasteiger partial charge in [0, 0.05) is 23.8 Å². The molecule has 27 heavy (non-hydrogen) atoms. The third-order valence-corrected chi connectivity index (χ3v) is 4.46. The smallest absolute Gasteiger partial charge is 0.250 e.